The number of hydrogen-bond acceptors (Lipinski definition) is 12. The van der Waals surface area contributed by atoms with Gasteiger partial charge in [-0.2, -0.15) is 4.98 Å². The average molecular weight is 989 g/mol. The Balaban J connectivity index is 0.000000157. The number of hydrogen-bond donors (Lipinski definition) is 2. The molecule has 0 saturated carbocycles. The Bertz CT molecular complexity index is 3140. The number of halogens is 4. The van der Waals surface area contributed by atoms with Crippen LogP contribution in [0.15, 0.2) is 102 Å². The second kappa shape index (κ2) is 20.7. The maximum atomic E-state index is 11.9. The van der Waals surface area contributed by atoms with Gasteiger partial charge >= 0.3 is 0 Å². The molecule has 19 heteroatoms. The molecule has 0 bridgehead atoms. The molecule has 14 nitrogen and oxygen atoms in total. The van der Waals surface area contributed by atoms with E-state index in [1.165, 1.54) is 6.20 Å². The summed E-state index contributed by atoms with van der Waals surface area (Å²) in [5, 5.41) is 5.02. The van der Waals surface area contributed by atoms with Crippen LogP contribution in [0.2, 0.25) is 20.1 Å². The van der Waals surface area contributed by atoms with Crippen LogP contribution >= 0.6 is 46.4 Å². The number of nitrogens with two attached hydrogens (primary N) is 1. The first-order valence-electron chi connectivity index (χ1n) is 21.2. The highest BCUT2D eigenvalue weighted by atomic mass is 35.5. The molecule has 3 N–H and O–H groups in total. The number of nitrogens with zero attached hydrogens (tertiary/aromatic N) is 8. The number of sulfone groups is 1. The molecular weight excluding hydrogens is 942 g/mol. The lowest BCUT2D eigenvalue weighted by molar-refractivity contribution is 0.0866. The molecule has 10 rings (SSSR count). The highest BCUT2D eigenvalue weighted by Crippen LogP contribution is 2.34. The van der Waals surface area contributed by atoms with E-state index in [9.17, 15) is 8.42 Å². The first-order chi connectivity index (χ1) is 31.7. The molecule has 342 valence electrons. The van der Waals surface area contributed by atoms with Crippen LogP contribution in [0.3, 0.4) is 0 Å². The van der Waals surface area contributed by atoms with Crippen LogP contribution in [0.5, 0.6) is 0 Å². The van der Waals surface area contributed by atoms with Crippen molar-refractivity contribution >= 4 is 84.3 Å². The van der Waals surface area contributed by atoms with Gasteiger partial charge in [-0.15, -0.1) is 0 Å². The van der Waals surface area contributed by atoms with Gasteiger partial charge in [0, 0.05) is 68.3 Å². The van der Waals surface area contributed by atoms with E-state index in [2.05, 4.69) is 39.3 Å². The number of anilines is 1. The van der Waals surface area contributed by atoms with E-state index in [1.54, 1.807) is 41.1 Å². The topological polar surface area (TPSA) is 178 Å². The summed E-state index contributed by atoms with van der Waals surface area (Å²) in [6.07, 6.45) is 8.22. The SMILES string of the molecule is Cc1ccc2nc(-c3ccc(Cl)c(Cl)c3)n(-c3ccnc(NC4CCOCC4)n3)c2c1.Cc1ccc2nc(-c3ccc(Cl)c(Cl)c3)n(-c3ccnc(S(C)(=O)=O)n3)c2c1.NC1CCOCC1. The molecule has 2 fully saturated rings. The van der Waals surface area contributed by atoms with E-state index in [4.69, 9.17) is 76.6 Å². The monoisotopic (exact) mass is 986 g/mol. The number of aryl methyl sites for hydroxylation is 2. The zero-order valence-electron chi connectivity index (χ0n) is 36.3. The lowest BCUT2D eigenvalue weighted by Gasteiger charge is -2.23. The summed E-state index contributed by atoms with van der Waals surface area (Å²) < 4.78 is 38.2. The molecule has 0 unspecified atom stereocenters. The van der Waals surface area contributed by atoms with Gasteiger partial charge in [-0.25, -0.2) is 33.3 Å². The van der Waals surface area contributed by atoms with E-state index in [0.29, 0.717) is 49.8 Å². The van der Waals surface area contributed by atoms with Crippen LogP contribution in [0.1, 0.15) is 36.8 Å². The average Bonchev–Trinajstić information content (AvgIpc) is 3.88. The van der Waals surface area contributed by atoms with Crippen molar-refractivity contribution in [3.05, 3.63) is 129 Å². The van der Waals surface area contributed by atoms with Crippen LogP contribution in [0.4, 0.5) is 5.95 Å². The van der Waals surface area contributed by atoms with Crippen LogP contribution in [0.25, 0.3) is 56.5 Å². The summed E-state index contributed by atoms with van der Waals surface area (Å²) >= 11 is 24.7. The van der Waals surface area contributed by atoms with Crippen molar-refractivity contribution in [2.45, 2.75) is 56.8 Å². The summed E-state index contributed by atoms with van der Waals surface area (Å²) in [6.45, 7) is 7.27. The van der Waals surface area contributed by atoms with Crippen LogP contribution in [-0.2, 0) is 19.3 Å². The van der Waals surface area contributed by atoms with E-state index in [0.717, 1.165) is 114 Å². The molecule has 0 aliphatic carbocycles. The number of benzene rings is 4. The highest BCUT2D eigenvalue weighted by Gasteiger charge is 2.21. The highest BCUT2D eigenvalue weighted by molar-refractivity contribution is 7.90. The predicted octanol–water partition coefficient (Wildman–Crippen LogP) is 10.3. The van der Waals surface area contributed by atoms with Crippen molar-refractivity contribution < 1.29 is 17.9 Å². The molecule has 0 radical (unpaired) electrons. The van der Waals surface area contributed by atoms with E-state index in [-0.39, 0.29) is 5.16 Å². The Kier molecular flexibility index (Phi) is 14.9. The first kappa shape index (κ1) is 47.3. The molecule has 4 aromatic carbocycles. The van der Waals surface area contributed by atoms with Crippen molar-refractivity contribution in [3.63, 3.8) is 0 Å². The van der Waals surface area contributed by atoms with E-state index in [1.807, 2.05) is 54.0 Å². The number of fused-ring (bicyclic) bond motifs is 2. The third-order valence-electron chi connectivity index (χ3n) is 10.8. The number of rotatable bonds is 7. The molecule has 66 heavy (non-hydrogen) atoms. The Labute approximate surface area is 402 Å². The quantitative estimate of drug-likeness (QED) is 0.145. The lowest BCUT2D eigenvalue weighted by Crippen LogP contribution is -2.28. The van der Waals surface area contributed by atoms with E-state index < -0.39 is 9.84 Å². The zero-order chi connectivity index (χ0) is 46.5. The van der Waals surface area contributed by atoms with Crippen molar-refractivity contribution in [1.82, 2.24) is 39.0 Å². The van der Waals surface area contributed by atoms with Gasteiger partial charge in [-0.3, -0.25) is 9.13 Å². The standard InChI is InChI=1S/C23H21Cl2N5O.C19H14Cl2N4O2S.C5H11NO/c1-14-2-5-19-20(12-14)30(22(28-19)15-3-4-17(24)18(25)13-15)21-6-9-26-23(29-21)27-16-7-10-31-11-8-16;1-11-3-6-15-16(9-11)25(17-7-8-22-19(24-17)28(2,26)27)18(23-15)12-4-5-13(20)14(21)10-12;6-5-1-3-7-4-2-5/h2-6,9,12-13,16H,7-8,10-11H2,1H3,(H,26,27,29);3-10H,1-2H3;5H,1-4,6H2. The van der Waals surface area contributed by atoms with Gasteiger partial charge in [-0.05, 0) is 123 Å². The fourth-order valence-electron chi connectivity index (χ4n) is 7.41. The van der Waals surface area contributed by atoms with Crippen LogP contribution in [0, 0.1) is 13.8 Å². The summed E-state index contributed by atoms with van der Waals surface area (Å²) in [4.78, 5) is 27.0. The Hall–Kier alpha value is -5.23. The minimum Gasteiger partial charge on any atom is -0.381 e. The van der Waals surface area contributed by atoms with Gasteiger partial charge in [0.05, 0.1) is 42.2 Å². The number of imidazole rings is 2. The number of nitrogens with one attached hydrogen (secondary N) is 1. The molecule has 0 spiro atoms. The molecule has 0 amide bonds. The molecule has 2 saturated heterocycles. The Morgan fingerprint density at radius 3 is 1.56 bits per heavy atom. The van der Waals surface area contributed by atoms with Crippen LogP contribution < -0.4 is 11.1 Å². The number of ether oxygens (including phenoxy) is 2. The van der Waals surface area contributed by atoms with Crippen molar-refractivity contribution in [3.8, 4) is 34.4 Å². The van der Waals surface area contributed by atoms with Crippen LogP contribution in [-0.4, -0.2) is 92.2 Å². The third kappa shape index (κ3) is 11.1. The minimum absolute atomic E-state index is 0.250. The maximum absolute atomic E-state index is 11.9. The van der Waals surface area contributed by atoms with Crippen molar-refractivity contribution in [2.24, 2.45) is 5.73 Å². The molecular formula is C47H46Cl4N10O4S. The number of aromatic nitrogens is 8. The molecule has 4 aromatic heterocycles. The predicted molar refractivity (Wildman–Crippen MR) is 262 cm³/mol. The largest absolute Gasteiger partial charge is 0.381 e. The summed E-state index contributed by atoms with van der Waals surface area (Å²) in [7, 11) is -3.56. The Morgan fingerprint density at radius 1 is 0.606 bits per heavy atom. The van der Waals surface area contributed by atoms with Gasteiger partial charge in [0.25, 0.3) is 0 Å². The minimum atomic E-state index is -3.56. The molecule has 2 aliphatic heterocycles. The smallest absolute Gasteiger partial charge is 0.248 e. The molecule has 6 heterocycles. The second-order valence-electron chi connectivity index (χ2n) is 16.0. The van der Waals surface area contributed by atoms with Gasteiger partial charge < -0.3 is 20.5 Å². The van der Waals surface area contributed by atoms with E-state index >= 15 is 0 Å². The Morgan fingerprint density at radius 2 is 1.09 bits per heavy atom. The second-order valence-corrected chi connectivity index (χ2v) is 19.5. The van der Waals surface area contributed by atoms with Crippen molar-refractivity contribution in [1.29, 1.82) is 0 Å². The molecule has 2 aliphatic rings. The third-order valence-corrected chi connectivity index (χ3v) is 13.2. The van der Waals surface area contributed by atoms with Crippen molar-refractivity contribution in [2.75, 3.05) is 38.0 Å². The zero-order valence-corrected chi connectivity index (χ0v) is 40.1. The summed E-state index contributed by atoms with van der Waals surface area (Å²) in [5.41, 5.74) is 12.7. The molecule has 0 atom stereocenters. The first-order valence-corrected chi connectivity index (χ1v) is 24.6. The van der Waals surface area contributed by atoms with Gasteiger partial charge in [-0.1, -0.05) is 58.5 Å². The lowest BCUT2D eigenvalue weighted by atomic mass is 10.1. The molecule has 8 aromatic rings. The van der Waals surface area contributed by atoms with Gasteiger partial charge in [0.15, 0.2) is 0 Å². The maximum Gasteiger partial charge on any atom is 0.248 e. The fraction of sp³-hybridized carbons (Fsp3) is 0.277. The summed E-state index contributed by atoms with van der Waals surface area (Å²) in [6, 6.07) is 27.0. The summed E-state index contributed by atoms with van der Waals surface area (Å²) in [5.74, 6) is 3.04. The van der Waals surface area contributed by atoms with Gasteiger partial charge in [0.2, 0.25) is 20.9 Å². The fourth-order valence-corrected chi connectivity index (χ4v) is 8.52. The normalized spacial score (nSPS) is 14.7. The van der Waals surface area contributed by atoms with Gasteiger partial charge in [0.1, 0.15) is 23.3 Å².